The van der Waals surface area contributed by atoms with Crippen molar-refractivity contribution >= 4 is 29.4 Å². The maximum Gasteiger partial charge on any atom is 0.308 e. The summed E-state index contributed by atoms with van der Waals surface area (Å²) in [5.74, 6) is -1.42. The van der Waals surface area contributed by atoms with Crippen molar-refractivity contribution in [2.75, 3.05) is 32.7 Å². The monoisotopic (exact) mass is 416 g/mol. The number of nitrogens with one attached hydrogen (secondary N) is 1. The van der Waals surface area contributed by atoms with Crippen molar-refractivity contribution in [3.63, 3.8) is 0 Å². The van der Waals surface area contributed by atoms with E-state index in [1.54, 1.807) is 18.2 Å². The fourth-order valence-electron chi connectivity index (χ4n) is 3.61. The molecule has 0 radical (unpaired) electrons. The first-order chi connectivity index (χ1) is 14.4. The zero-order chi connectivity index (χ0) is 21.7. The highest BCUT2D eigenvalue weighted by Gasteiger charge is 2.46. The molecule has 1 aromatic carbocycles. The Morgan fingerprint density at radius 2 is 1.73 bits per heavy atom. The summed E-state index contributed by atoms with van der Waals surface area (Å²) in [5.41, 5.74) is 0.377. The van der Waals surface area contributed by atoms with Gasteiger partial charge in [0.25, 0.3) is 5.91 Å². The van der Waals surface area contributed by atoms with Crippen LogP contribution in [0.25, 0.3) is 0 Å². The van der Waals surface area contributed by atoms with E-state index in [2.05, 4.69) is 5.32 Å². The van der Waals surface area contributed by atoms with Crippen LogP contribution in [0.2, 0.25) is 0 Å². The van der Waals surface area contributed by atoms with Crippen molar-refractivity contribution in [2.24, 2.45) is 11.8 Å². The molecule has 0 bridgehead atoms. The summed E-state index contributed by atoms with van der Waals surface area (Å²) in [4.78, 5) is 50.0. The first-order valence-corrected chi connectivity index (χ1v) is 9.62. The second-order valence-corrected chi connectivity index (χ2v) is 7.01. The largest absolute Gasteiger partial charge is 0.497 e. The number of fused-ring (bicyclic) bond motifs is 1. The third kappa shape index (κ3) is 4.61. The van der Waals surface area contributed by atoms with Gasteiger partial charge in [-0.05, 0) is 25.0 Å². The fraction of sp³-hybridized carbons (Fsp3) is 0.429. The predicted octanol–water partition coefficient (Wildman–Crippen LogP) is 1.53. The van der Waals surface area contributed by atoms with Gasteiger partial charge in [0, 0.05) is 12.6 Å². The molecule has 0 aromatic heterocycles. The van der Waals surface area contributed by atoms with Crippen molar-refractivity contribution in [3.8, 4) is 11.5 Å². The molecule has 1 aliphatic carbocycles. The van der Waals surface area contributed by atoms with Gasteiger partial charge in [0.05, 0.1) is 38.2 Å². The van der Waals surface area contributed by atoms with E-state index < -0.39 is 18.5 Å². The van der Waals surface area contributed by atoms with Gasteiger partial charge in [-0.1, -0.05) is 12.2 Å². The third-order valence-corrected chi connectivity index (χ3v) is 5.18. The Morgan fingerprint density at radius 1 is 1.07 bits per heavy atom. The first kappa shape index (κ1) is 21.4. The van der Waals surface area contributed by atoms with Gasteiger partial charge in [0.15, 0.2) is 6.61 Å². The molecule has 3 rings (SSSR count). The Kier molecular flexibility index (Phi) is 6.71. The Labute approximate surface area is 174 Å². The Morgan fingerprint density at radius 3 is 2.33 bits per heavy atom. The SMILES string of the molecule is COc1ccc(OC)c(NC(=O)COC(=O)CCN2C(=O)[C@H]3CC=CC[C@H]3C2=O)c1. The van der Waals surface area contributed by atoms with Crippen LogP contribution in [-0.2, 0) is 23.9 Å². The smallest absolute Gasteiger partial charge is 0.308 e. The maximum absolute atomic E-state index is 12.4. The molecule has 0 spiro atoms. The van der Waals surface area contributed by atoms with E-state index in [0.717, 1.165) is 4.90 Å². The maximum atomic E-state index is 12.4. The van der Waals surface area contributed by atoms with E-state index in [9.17, 15) is 19.2 Å². The molecule has 30 heavy (non-hydrogen) atoms. The number of nitrogens with zero attached hydrogens (tertiary/aromatic N) is 1. The van der Waals surface area contributed by atoms with E-state index >= 15 is 0 Å². The molecule has 1 fully saturated rings. The number of hydrogen-bond acceptors (Lipinski definition) is 7. The van der Waals surface area contributed by atoms with Crippen molar-refractivity contribution in [1.29, 1.82) is 0 Å². The van der Waals surface area contributed by atoms with E-state index in [0.29, 0.717) is 30.0 Å². The summed E-state index contributed by atoms with van der Waals surface area (Å²) in [6.07, 6.45) is 4.73. The van der Waals surface area contributed by atoms with Crippen LogP contribution in [0.1, 0.15) is 19.3 Å². The highest BCUT2D eigenvalue weighted by atomic mass is 16.5. The summed E-state index contributed by atoms with van der Waals surface area (Å²) in [6.45, 7) is -0.551. The number of likely N-dealkylation sites (tertiary alicyclic amines) is 1. The molecule has 1 aromatic rings. The number of hydrogen-bond donors (Lipinski definition) is 1. The van der Waals surface area contributed by atoms with Gasteiger partial charge in [-0.15, -0.1) is 0 Å². The molecular formula is C21H24N2O7. The summed E-state index contributed by atoms with van der Waals surface area (Å²) >= 11 is 0. The van der Waals surface area contributed by atoms with Gasteiger partial charge in [-0.3, -0.25) is 24.1 Å². The number of allylic oxidation sites excluding steroid dienone is 2. The molecule has 1 N–H and O–H groups in total. The van der Waals surface area contributed by atoms with Crippen molar-refractivity contribution in [2.45, 2.75) is 19.3 Å². The number of ether oxygens (including phenoxy) is 3. The number of carbonyl (C=O) groups excluding carboxylic acids is 4. The van der Waals surface area contributed by atoms with Crippen molar-refractivity contribution in [1.82, 2.24) is 4.90 Å². The number of methoxy groups -OCH3 is 2. The number of esters is 1. The zero-order valence-corrected chi connectivity index (χ0v) is 16.9. The molecule has 1 heterocycles. The number of amides is 3. The van der Waals surface area contributed by atoms with Crippen LogP contribution in [-0.4, -0.2) is 56.0 Å². The molecule has 1 saturated heterocycles. The van der Waals surface area contributed by atoms with Crippen LogP contribution in [0.15, 0.2) is 30.4 Å². The Hall–Kier alpha value is -3.36. The van der Waals surface area contributed by atoms with Crippen LogP contribution in [0.3, 0.4) is 0 Å². The molecule has 0 saturated carbocycles. The van der Waals surface area contributed by atoms with Gasteiger partial charge in [0.1, 0.15) is 11.5 Å². The van der Waals surface area contributed by atoms with Gasteiger partial charge >= 0.3 is 5.97 Å². The lowest BCUT2D eigenvalue weighted by molar-refractivity contribution is -0.148. The van der Waals surface area contributed by atoms with E-state index in [4.69, 9.17) is 14.2 Å². The van der Waals surface area contributed by atoms with Crippen molar-refractivity contribution in [3.05, 3.63) is 30.4 Å². The number of carbonyl (C=O) groups is 4. The number of benzene rings is 1. The van der Waals surface area contributed by atoms with Crippen molar-refractivity contribution < 1.29 is 33.4 Å². The molecule has 1 aliphatic heterocycles. The quantitative estimate of drug-likeness (QED) is 0.389. The number of imide groups is 1. The summed E-state index contributed by atoms with van der Waals surface area (Å²) < 4.78 is 15.3. The number of rotatable bonds is 8. The van der Waals surface area contributed by atoms with Crippen LogP contribution in [0, 0.1) is 11.8 Å². The summed E-state index contributed by atoms with van der Waals surface area (Å²) in [7, 11) is 2.96. The highest BCUT2D eigenvalue weighted by molar-refractivity contribution is 6.05. The zero-order valence-electron chi connectivity index (χ0n) is 16.9. The fourth-order valence-corrected chi connectivity index (χ4v) is 3.61. The molecule has 2 aliphatic rings. The normalized spacial score (nSPS) is 20.0. The van der Waals surface area contributed by atoms with Gasteiger partial charge in [-0.25, -0.2) is 0 Å². The average Bonchev–Trinajstić information content (AvgIpc) is 3.00. The van der Waals surface area contributed by atoms with Crippen LogP contribution in [0.4, 0.5) is 5.69 Å². The Bertz CT molecular complexity index is 854. The molecule has 9 heteroatoms. The minimum absolute atomic E-state index is 0.0468. The highest BCUT2D eigenvalue weighted by Crippen LogP contribution is 2.35. The lowest BCUT2D eigenvalue weighted by atomic mass is 9.85. The predicted molar refractivity (Wildman–Crippen MR) is 106 cm³/mol. The Balaban J connectivity index is 1.46. The van der Waals surface area contributed by atoms with Crippen LogP contribution < -0.4 is 14.8 Å². The van der Waals surface area contributed by atoms with E-state index in [1.807, 2.05) is 12.2 Å². The van der Waals surface area contributed by atoms with Crippen LogP contribution in [0.5, 0.6) is 11.5 Å². The lowest BCUT2D eigenvalue weighted by Crippen LogP contribution is -2.33. The molecule has 0 unspecified atom stereocenters. The topological polar surface area (TPSA) is 111 Å². The van der Waals surface area contributed by atoms with E-state index in [-0.39, 0.29) is 36.6 Å². The second kappa shape index (κ2) is 9.43. The standard InChI is InChI=1S/C21H24N2O7/c1-28-13-7-8-17(29-2)16(11-13)22-18(24)12-30-19(25)9-10-23-20(26)14-5-3-4-6-15(14)21(23)27/h3-4,7-8,11,14-15H,5-6,9-10,12H2,1-2H3,(H,22,24)/t14-,15+. The van der Waals surface area contributed by atoms with Crippen LogP contribution >= 0.6 is 0 Å². The third-order valence-electron chi connectivity index (χ3n) is 5.18. The average molecular weight is 416 g/mol. The minimum Gasteiger partial charge on any atom is -0.497 e. The molecule has 9 nitrogen and oxygen atoms in total. The summed E-state index contributed by atoms with van der Waals surface area (Å²) in [6, 6.07) is 4.90. The van der Waals surface area contributed by atoms with Gasteiger partial charge < -0.3 is 19.5 Å². The number of anilines is 1. The molecule has 2 atom stereocenters. The second-order valence-electron chi connectivity index (χ2n) is 7.01. The minimum atomic E-state index is -0.670. The lowest BCUT2D eigenvalue weighted by Gasteiger charge is -2.14. The molecule has 160 valence electrons. The molecule has 3 amide bonds. The van der Waals surface area contributed by atoms with Gasteiger partial charge in [-0.2, -0.15) is 0 Å². The molecular weight excluding hydrogens is 392 g/mol. The first-order valence-electron chi connectivity index (χ1n) is 9.62. The van der Waals surface area contributed by atoms with E-state index in [1.165, 1.54) is 14.2 Å². The van der Waals surface area contributed by atoms with Gasteiger partial charge in [0.2, 0.25) is 11.8 Å². The summed E-state index contributed by atoms with van der Waals surface area (Å²) in [5, 5.41) is 2.59.